The fraction of sp³-hybridized carbons (Fsp3) is 0.200. The Morgan fingerprint density at radius 1 is 1.11 bits per heavy atom. The zero-order valence-corrected chi connectivity index (χ0v) is 17.5. The maximum Gasteiger partial charge on any atom is 0.192 e. The highest BCUT2D eigenvalue weighted by Gasteiger charge is 2.40. The van der Waals surface area contributed by atoms with Crippen molar-refractivity contribution in [2.75, 3.05) is 13.7 Å². The number of fused-ring (bicyclic) bond motifs is 1. The molecular weight excluding hydrogens is 394 g/mol. The van der Waals surface area contributed by atoms with E-state index in [1.54, 1.807) is 16.8 Å². The molecule has 0 bridgehead atoms. The van der Waals surface area contributed by atoms with Crippen LogP contribution < -0.4 is 5.30 Å². The molecule has 3 aromatic rings. The number of hydrogen-bond acceptors (Lipinski definition) is 4. The van der Waals surface area contributed by atoms with Crippen LogP contribution in [0.25, 0.3) is 5.69 Å². The average molecular weight is 414 g/mol. The molecule has 0 fully saturated rings. The molecule has 1 aliphatic heterocycles. The first-order valence-corrected chi connectivity index (χ1v) is 11.6. The van der Waals surface area contributed by atoms with Gasteiger partial charge in [0.2, 0.25) is 0 Å². The van der Waals surface area contributed by atoms with E-state index in [0.29, 0.717) is 18.3 Å². The molecule has 0 radical (unpaired) electrons. The van der Waals surface area contributed by atoms with Crippen LogP contribution in [-0.4, -0.2) is 33.9 Å². The van der Waals surface area contributed by atoms with Gasteiger partial charge in [0.05, 0.1) is 23.3 Å². The lowest BCUT2D eigenvalue weighted by atomic mass is 10.2. The number of amidine groups is 1. The number of nitrogens with zero attached hydrogens (tertiary/aromatic N) is 4. The minimum absolute atomic E-state index is 0.294. The van der Waals surface area contributed by atoms with Crippen molar-refractivity contribution in [3.63, 3.8) is 0 Å². The molecule has 0 unspecified atom stereocenters. The summed E-state index contributed by atoms with van der Waals surface area (Å²) in [5, 5.41) is 5.58. The summed E-state index contributed by atoms with van der Waals surface area (Å²) in [6.45, 7) is 4.35. The van der Waals surface area contributed by atoms with Crippen molar-refractivity contribution in [1.82, 2.24) is 14.5 Å². The summed E-state index contributed by atoms with van der Waals surface area (Å²) in [5.74, 6) is 1.04. The Bertz CT molecular complexity index is 1100. The third-order valence-corrected chi connectivity index (χ3v) is 8.88. The molecule has 1 atom stereocenters. The number of halogens is 1. The summed E-state index contributed by atoms with van der Waals surface area (Å²) in [6.07, 6.45) is -2.61. The molecule has 5 nitrogen and oxygen atoms in total. The smallest absolute Gasteiger partial charge is 0.192 e. The van der Waals surface area contributed by atoms with Gasteiger partial charge < -0.3 is 9.19 Å². The number of rotatable bonds is 4. The van der Waals surface area contributed by atoms with Crippen LogP contribution in [-0.2, 0) is 16.3 Å². The molecule has 0 amide bonds. The Morgan fingerprint density at radius 3 is 2.43 bits per heavy atom. The first-order chi connectivity index (χ1) is 13.5. The minimum atomic E-state index is -2.61. The number of benzene rings is 2. The zero-order valence-electron chi connectivity index (χ0n) is 15.8. The number of para-hydroxylation sites is 1. The van der Waals surface area contributed by atoms with Gasteiger partial charge in [-0.3, -0.25) is 0 Å². The van der Waals surface area contributed by atoms with Gasteiger partial charge >= 0.3 is 0 Å². The first kappa shape index (κ1) is 19.0. The second-order valence-electron chi connectivity index (χ2n) is 6.41. The quantitative estimate of drug-likeness (QED) is 0.597. The zero-order chi connectivity index (χ0) is 19.9. The highest BCUT2D eigenvalue weighted by atomic mass is 32.4. The van der Waals surface area contributed by atoms with E-state index in [4.69, 9.17) is 26.4 Å². The van der Waals surface area contributed by atoms with E-state index in [2.05, 4.69) is 0 Å². The fourth-order valence-corrected chi connectivity index (χ4v) is 6.71. The molecule has 8 heteroatoms. The highest BCUT2D eigenvalue weighted by Crippen LogP contribution is 2.55. The fourth-order valence-electron chi connectivity index (χ4n) is 3.31. The molecule has 144 valence electrons. The molecule has 1 aliphatic rings. The first-order valence-electron chi connectivity index (χ1n) is 8.94. The van der Waals surface area contributed by atoms with Crippen LogP contribution in [0.5, 0.6) is 0 Å². The predicted octanol–water partition coefficient (Wildman–Crippen LogP) is 4.31. The molecule has 0 spiro atoms. The molecule has 1 aromatic heterocycles. The van der Waals surface area contributed by atoms with E-state index in [1.807, 2.05) is 55.9 Å². The lowest BCUT2D eigenvalue weighted by molar-refractivity contribution is 0.363. The van der Waals surface area contributed by atoms with Crippen molar-refractivity contribution >= 4 is 35.2 Å². The predicted molar refractivity (Wildman–Crippen MR) is 114 cm³/mol. The van der Waals surface area contributed by atoms with Crippen molar-refractivity contribution in [2.24, 2.45) is 4.99 Å². The molecule has 28 heavy (non-hydrogen) atoms. The number of aromatic nitrogens is 2. The molecule has 0 N–H and O–H groups in total. The van der Waals surface area contributed by atoms with Crippen LogP contribution in [0, 0.1) is 12.7 Å². The van der Waals surface area contributed by atoms with Crippen molar-refractivity contribution in [2.45, 2.75) is 13.8 Å². The number of hydrogen-bond donors (Lipinski definition) is 0. The summed E-state index contributed by atoms with van der Waals surface area (Å²) in [6, 6.07) is 16.1. The minimum Gasteiger partial charge on any atom is -0.331 e. The largest absolute Gasteiger partial charge is 0.331 e. The SMILES string of the molecule is CCO[P@]1(=S)c2c(C)nn(-c3ccccc3)c2N=C(c2ccc(F)cc2)N1C. The third kappa shape index (κ3) is 3.00. The van der Waals surface area contributed by atoms with E-state index in [0.717, 1.165) is 22.2 Å². The van der Waals surface area contributed by atoms with Crippen LogP contribution in [0.3, 0.4) is 0 Å². The van der Waals surface area contributed by atoms with Crippen LogP contribution in [0.1, 0.15) is 18.2 Å². The molecule has 0 aliphatic carbocycles. The maximum atomic E-state index is 13.4. The normalized spacial score (nSPS) is 18.7. The summed E-state index contributed by atoms with van der Waals surface area (Å²) in [4.78, 5) is 4.90. The summed E-state index contributed by atoms with van der Waals surface area (Å²) in [7, 11) is 1.89. The van der Waals surface area contributed by atoms with E-state index in [-0.39, 0.29) is 5.82 Å². The molecule has 4 rings (SSSR count). The lowest BCUT2D eigenvalue weighted by Crippen LogP contribution is -2.34. The number of aliphatic imine (C=N–C) groups is 1. The van der Waals surface area contributed by atoms with Gasteiger partial charge in [0.15, 0.2) is 12.2 Å². The monoisotopic (exact) mass is 414 g/mol. The van der Waals surface area contributed by atoms with Crippen molar-refractivity contribution in [3.05, 3.63) is 71.7 Å². The highest BCUT2D eigenvalue weighted by molar-refractivity contribution is 8.15. The molecule has 2 aromatic carbocycles. The molecule has 0 saturated carbocycles. The Labute approximate surface area is 168 Å². The van der Waals surface area contributed by atoms with Gasteiger partial charge in [-0.1, -0.05) is 18.2 Å². The van der Waals surface area contributed by atoms with E-state index in [9.17, 15) is 4.39 Å². The van der Waals surface area contributed by atoms with Gasteiger partial charge in [-0.2, -0.15) is 5.10 Å². The Kier molecular flexibility index (Phi) is 4.91. The van der Waals surface area contributed by atoms with Crippen LogP contribution in [0.15, 0.2) is 59.6 Å². The summed E-state index contributed by atoms with van der Waals surface area (Å²) < 4.78 is 23.3. The van der Waals surface area contributed by atoms with Crippen molar-refractivity contribution in [3.8, 4) is 5.69 Å². The van der Waals surface area contributed by atoms with E-state index < -0.39 is 6.42 Å². The standard InChI is InChI=1S/C20H20FN4OPS/c1-4-26-27(28)18-14(2)23-25(17-8-6-5-7-9-17)20(18)22-19(24(27)3)15-10-12-16(21)13-11-15/h5-13H,4H2,1-3H3/t27-/m0/s1. The van der Waals surface area contributed by atoms with Crippen molar-refractivity contribution in [1.29, 1.82) is 0 Å². The summed E-state index contributed by atoms with van der Waals surface area (Å²) in [5.41, 5.74) is 2.49. The van der Waals surface area contributed by atoms with Crippen LogP contribution in [0.2, 0.25) is 0 Å². The molecular formula is C20H20FN4OPS. The Morgan fingerprint density at radius 2 is 1.79 bits per heavy atom. The summed E-state index contributed by atoms with van der Waals surface area (Å²) >= 11 is 6.09. The van der Waals surface area contributed by atoms with Gasteiger partial charge in [0.25, 0.3) is 0 Å². The molecule has 0 saturated heterocycles. The maximum absolute atomic E-state index is 13.4. The van der Waals surface area contributed by atoms with Gasteiger partial charge in [-0.05, 0) is 62.1 Å². The van der Waals surface area contributed by atoms with E-state index >= 15 is 0 Å². The average Bonchev–Trinajstić information content (AvgIpc) is 3.03. The Hall–Kier alpha value is -2.34. The van der Waals surface area contributed by atoms with Gasteiger partial charge in [-0.15, -0.1) is 0 Å². The van der Waals surface area contributed by atoms with E-state index in [1.165, 1.54) is 12.1 Å². The van der Waals surface area contributed by atoms with Gasteiger partial charge in [-0.25, -0.2) is 14.1 Å². The second-order valence-corrected chi connectivity index (χ2v) is 10.2. The lowest BCUT2D eigenvalue weighted by Gasteiger charge is -2.36. The van der Waals surface area contributed by atoms with Gasteiger partial charge in [0.1, 0.15) is 11.7 Å². The van der Waals surface area contributed by atoms with Gasteiger partial charge in [0, 0.05) is 12.6 Å². The Balaban J connectivity index is 1.99. The van der Waals surface area contributed by atoms with Crippen LogP contribution >= 0.6 is 6.42 Å². The molecule has 2 heterocycles. The number of aryl methyl sites for hydroxylation is 1. The van der Waals surface area contributed by atoms with Crippen molar-refractivity contribution < 1.29 is 8.91 Å². The third-order valence-electron chi connectivity index (χ3n) is 4.61. The van der Waals surface area contributed by atoms with Crippen LogP contribution in [0.4, 0.5) is 10.2 Å². The topological polar surface area (TPSA) is 42.6 Å². The second kappa shape index (κ2) is 7.24.